The van der Waals surface area contributed by atoms with Crippen molar-refractivity contribution in [3.8, 4) is 0 Å². The molecule has 0 saturated heterocycles. The number of halogens is 1. The van der Waals surface area contributed by atoms with Crippen LogP contribution in [0.5, 0.6) is 0 Å². The Labute approximate surface area is 174 Å². The van der Waals surface area contributed by atoms with Gasteiger partial charge < -0.3 is 15.5 Å². The largest absolute Gasteiger partial charge is 0.423 e. The fourth-order valence-electron chi connectivity index (χ4n) is 2.65. The summed E-state index contributed by atoms with van der Waals surface area (Å²) in [4.78, 5) is 48.2. The predicted molar refractivity (Wildman–Crippen MR) is 112 cm³/mol. The van der Waals surface area contributed by atoms with Gasteiger partial charge in [-0.2, -0.15) is 0 Å². The van der Waals surface area contributed by atoms with Gasteiger partial charge in [0, 0.05) is 17.0 Å². The van der Waals surface area contributed by atoms with Gasteiger partial charge >= 0.3 is 5.63 Å². The zero-order valence-corrected chi connectivity index (χ0v) is 17.6. The Morgan fingerprint density at radius 3 is 2.41 bits per heavy atom. The van der Waals surface area contributed by atoms with Crippen molar-refractivity contribution in [1.29, 1.82) is 0 Å². The molecule has 9 heteroatoms. The highest BCUT2D eigenvalue weighted by atomic mass is 35.5. The van der Waals surface area contributed by atoms with Crippen LogP contribution in [-0.4, -0.2) is 29.8 Å². The number of carbonyl (C=O) groups excluding carboxylic acids is 3. The van der Waals surface area contributed by atoms with E-state index in [0.29, 0.717) is 5.39 Å². The van der Waals surface area contributed by atoms with Crippen molar-refractivity contribution in [2.75, 3.05) is 0 Å². The van der Waals surface area contributed by atoms with E-state index in [-0.39, 0.29) is 29.5 Å². The van der Waals surface area contributed by atoms with Gasteiger partial charge in [-0.05, 0) is 37.5 Å². The van der Waals surface area contributed by atoms with E-state index in [0.717, 1.165) is 12.0 Å². The second kappa shape index (κ2) is 10.2. The fraction of sp³-hybridized carbons (Fsp3) is 0.400. The van der Waals surface area contributed by atoms with E-state index in [1.54, 1.807) is 13.0 Å². The average molecular weight is 424 g/mol. The highest BCUT2D eigenvalue weighted by Gasteiger charge is 2.24. The number of rotatable bonds is 6. The zero-order valence-electron chi connectivity index (χ0n) is 16.8. The quantitative estimate of drug-likeness (QED) is 0.605. The van der Waals surface area contributed by atoms with Crippen molar-refractivity contribution in [3.63, 3.8) is 0 Å². The molecule has 1 aromatic carbocycles. The van der Waals surface area contributed by atoms with Crippen molar-refractivity contribution < 1.29 is 18.8 Å². The van der Waals surface area contributed by atoms with Gasteiger partial charge in [-0.1, -0.05) is 26.3 Å². The van der Waals surface area contributed by atoms with Crippen LogP contribution in [0.4, 0.5) is 0 Å². The van der Waals surface area contributed by atoms with Crippen LogP contribution in [0.15, 0.2) is 33.5 Å². The Hall–Kier alpha value is -2.71. The van der Waals surface area contributed by atoms with Crippen molar-refractivity contribution in [3.05, 3.63) is 45.8 Å². The summed E-state index contributed by atoms with van der Waals surface area (Å²) in [5.41, 5.74) is 6.46. The summed E-state index contributed by atoms with van der Waals surface area (Å²) in [6.07, 6.45) is 0.727. The summed E-state index contributed by atoms with van der Waals surface area (Å²) >= 11 is 0. The standard InChI is InChI=1S/C20H25N3O5.ClH/c1-5-10(2)17(21)20(27)22-12(4)18(25)23-19(26)13-6-7-14-11(3)8-16(24)28-15(14)9-13;/h6-10,12,17H,5,21H2,1-4H3,(H,22,27)(H,23,25,26);1H/t10-,12-,17-;/m0./s1. The number of fused-ring (bicyclic) bond motifs is 1. The third-order valence-electron chi connectivity index (χ3n) is 4.76. The summed E-state index contributed by atoms with van der Waals surface area (Å²) in [7, 11) is 0. The third kappa shape index (κ3) is 5.88. The van der Waals surface area contributed by atoms with E-state index >= 15 is 0 Å². The first kappa shape index (κ1) is 24.3. The Morgan fingerprint density at radius 1 is 1.14 bits per heavy atom. The molecule has 0 radical (unpaired) electrons. The third-order valence-corrected chi connectivity index (χ3v) is 4.76. The zero-order chi connectivity index (χ0) is 21.0. The van der Waals surface area contributed by atoms with Crippen molar-refractivity contribution in [1.82, 2.24) is 10.6 Å². The van der Waals surface area contributed by atoms with E-state index in [4.69, 9.17) is 10.2 Å². The fourth-order valence-corrected chi connectivity index (χ4v) is 2.65. The average Bonchev–Trinajstić information content (AvgIpc) is 2.65. The van der Waals surface area contributed by atoms with Gasteiger partial charge in [-0.15, -0.1) is 12.4 Å². The molecule has 2 aromatic rings. The van der Waals surface area contributed by atoms with E-state index in [2.05, 4.69) is 10.6 Å². The topological polar surface area (TPSA) is 132 Å². The minimum atomic E-state index is -0.938. The van der Waals surface area contributed by atoms with E-state index in [1.165, 1.54) is 25.1 Å². The molecule has 0 aliphatic heterocycles. The van der Waals surface area contributed by atoms with E-state index in [1.807, 2.05) is 13.8 Å². The second-order valence-corrected chi connectivity index (χ2v) is 6.92. The maximum absolute atomic E-state index is 12.4. The van der Waals surface area contributed by atoms with Crippen LogP contribution < -0.4 is 22.0 Å². The second-order valence-electron chi connectivity index (χ2n) is 6.92. The van der Waals surface area contributed by atoms with Crippen LogP contribution in [0, 0.1) is 12.8 Å². The van der Waals surface area contributed by atoms with Crippen LogP contribution >= 0.6 is 12.4 Å². The number of aryl methyl sites for hydroxylation is 1. The minimum absolute atomic E-state index is 0. The normalized spacial score (nSPS) is 13.7. The number of imide groups is 1. The highest BCUT2D eigenvalue weighted by Crippen LogP contribution is 2.18. The van der Waals surface area contributed by atoms with Gasteiger partial charge in [-0.25, -0.2) is 4.79 Å². The minimum Gasteiger partial charge on any atom is -0.423 e. The number of nitrogens with two attached hydrogens (primary N) is 1. The van der Waals surface area contributed by atoms with E-state index < -0.39 is 35.4 Å². The molecule has 4 N–H and O–H groups in total. The number of carbonyl (C=O) groups is 3. The number of nitrogens with one attached hydrogen (secondary N) is 2. The molecule has 0 aliphatic carbocycles. The lowest BCUT2D eigenvalue weighted by atomic mass is 9.99. The van der Waals surface area contributed by atoms with Crippen LogP contribution in [0.3, 0.4) is 0 Å². The Bertz CT molecular complexity index is 972. The number of amides is 3. The SMILES string of the molecule is CC[C@H](C)[C@H](N)C(=O)N[C@@H](C)C(=O)NC(=O)c1ccc2c(C)cc(=O)oc2c1.Cl. The predicted octanol–water partition coefficient (Wildman–Crippen LogP) is 1.66. The molecule has 0 aliphatic rings. The molecule has 29 heavy (non-hydrogen) atoms. The van der Waals surface area contributed by atoms with Crippen LogP contribution in [0.2, 0.25) is 0 Å². The first-order valence-corrected chi connectivity index (χ1v) is 9.09. The molecule has 0 fully saturated rings. The number of benzene rings is 1. The lowest BCUT2D eigenvalue weighted by Gasteiger charge is -2.20. The van der Waals surface area contributed by atoms with Gasteiger partial charge in [0.05, 0.1) is 6.04 Å². The molecule has 158 valence electrons. The summed E-state index contributed by atoms with van der Waals surface area (Å²) in [5, 5.41) is 5.43. The van der Waals surface area contributed by atoms with Gasteiger partial charge in [0.25, 0.3) is 5.91 Å². The maximum atomic E-state index is 12.4. The first-order chi connectivity index (χ1) is 13.1. The molecule has 0 unspecified atom stereocenters. The summed E-state index contributed by atoms with van der Waals surface area (Å²) < 4.78 is 5.11. The van der Waals surface area contributed by atoms with Crippen LogP contribution in [0.1, 0.15) is 43.1 Å². The maximum Gasteiger partial charge on any atom is 0.336 e. The Kier molecular flexibility index (Phi) is 8.54. The Morgan fingerprint density at radius 2 is 1.79 bits per heavy atom. The molecule has 1 heterocycles. The summed E-state index contributed by atoms with van der Waals surface area (Å²) in [6.45, 7) is 6.99. The monoisotopic (exact) mass is 423 g/mol. The number of hydrogen-bond acceptors (Lipinski definition) is 6. The van der Waals surface area contributed by atoms with Gasteiger partial charge in [0.1, 0.15) is 11.6 Å². The van der Waals surface area contributed by atoms with Gasteiger partial charge in [0.15, 0.2) is 0 Å². The lowest BCUT2D eigenvalue weighted by molar-refractivity contribution is -0.129. The molecule has 0 bridgehead atoms. The highest BCUT2D eigenvalue weighted by molar-refractivity contribution is 6.07. The van der Waals surface area contributed by atoms with Gasteiger partial charge in [0.2, 0.25) is 11.8 Å². The summed E-state index contributed by atoms with van der Waals surface area (Å²) in [6, 6.07) is 4.26. The molecule has 3 amide bonds. The van der Waals surface area contributed by atoms with Crippen LogP contribution in [-0.2, 0) is 9.59 Å². The molecule has 1 aromatic heterocycles. The smallest absolute Gasteiger partial charge is 0.336 e. The van der Waals surface area contributed by atoms with Crippen molar-refractivity contribution >= 4 is 41.1 Å². The molecular weight excluding hydrogens is 398 g/mol. The van der Waals surface area contributed by atoms with Crippen molar-refractivity contribution in [2.45, 2.75) is 46.2 Å². The molecular formula is C20H26ClN3O5. The van der Waals surface area contributed by atoms with E-state index in [9.17, 15) is 19.2 Å². The number of hydrogen-bond donors (Lipinski definition) is 3. The van der Waals surface area contributed by atoms with Gasteiger partial charge in [-0.3, -0.25) is 19.7 Å². The molecule has 8 nitrogen and oxygen atoms in total. The Balaban J connectivity index is 0.00000420. The lowest BCUT2D eigenvalue weighted by Crippen LogP contribution is -2.52. The van der Waals surface area contributed by atoms with Crippen molar-refractivity contribution in [2.24, 2.45) is 11.7 Å². The molecule has 3 atom stereocenters. The molecule has 2 rings (SSSR count). The molecule has 0 saturated carbocycles. The summed E-state index contributed by atoms with van der Waals surface area (Å²) in [5.74, 6) is -1.82. The van der Waals surface area contributed by atoms with Crippen LogP contribution in [0.25, 0.3) is 11.0 Å². The first-order valence-electron chi connectivity index (χ1n) is 9.09. The molecule has 0 spiro atoms.